The minimum atomic E-state index is -3.48. The van der Waals surface area contributed by atoms with Crippen LogP contribution in [0.2, 0.25) is 0 Å². The molecule has 0 bridgehead atoms. The molecule has 1 saturated carbocycles. The quantitative estimate of drug-likeness (QED) is 0.847. The Morgan fingerprint density at radius 2 is 1.91 bits per heavy atom. The Hall–Kier alpha value is -2.12. The van der Waals surface area contributed by atoms with Gasteiger partial charge < -0.3 is 9.73 Å². The van der Waals surface area contributed by atoms with Gasteiger partial charge in [0.15, 0.2) is 0 Å². The van der Waals surface area contributed by atoms with E-state index in [0.717, 1.165) is 12.8 Å². The molecule has 0 aliphatic heterocycles. The highest BCUT2D eigenvalue weighted by Crippen LogP contribution is 2.22. The molecule has 7 heteroatoms. The van der Waals surface area contributed by atoms with Crippen molar-refractivity contribution in [2.24, 2.45) is 0 Å². The molecule has 2 N–H and O–H groups in total. The van der Waals surface area contributed by atoms with Gasteiger partial charge in [0, 0.05) is 11.6 Å². The third-order valence-electron chi connectivity index (χ3n) is 3.33. The predicted octanol–water partition coefficient (Wildman–Crippen LogP) is 1.65. The number of hydrogen-bond donors (Lipinski definition) is 2. The summed E-state index contributed by atoms with van der Waals surface area (Å²) < 4.78 is 31.8. The third kappa shape index (κ3) is 3.55. The minimum Gasteiger partial charge on any atom is -0.467 e. The second kappa shape index (κ2) is 5.94. The van der Waals surface area contributed by atoms with Crippen molar-refractivity contribution in [3.8, 4) is 0 Å². The van der Waals surface area contributed by atoms with Gasteiger partial charge in [-0.15, -0.1) is 0 Å². The van der Waals surface area contributed by atoms with Gasteiger partial charge in [-0.3, -0.25) is 4.79 Å². The second-order valence-electron chi connectivity index (χ2n) is 5.18. The van der Waals surface area contributed by atoms with Gasteiger partial charge in [-0.1, -0.05) is 0 Å². The van der Waals surface area contributed by atoms with Crippen molar-refractivity contribution in [3.63, 3.8) is 0 Å². The fraction of sp³-hybridized carbons (Fsp3) is 0.267. The van der Waals surface area contributed by atoms with Gasteiger partial charge in [-0.2, -0.15) is 0 Å². The first kappa shape index (κ1) is 14.8. The van der Waals surface area contributed by atoms with Crippen LogP contribution >= 0.6 is 0 Å². The van der Waals surface area contributed by atoms with Crippen molar-refractivity contribution in [1.82, 2.24) is 10.0 Å². The first-order chi connectivity index (χ1) is 10.5. The zero-order valence-corrected chi connectivity index (χ0v) is 12.6. The summed E-state index contributed by atoms with van der Waals surface area (Å²) in [6.45, 7) is 0.287. The van der Waals surface area contributed by atoms with Crippen LogP contribution in [0.4, 0.5) is 0 Å². The normalized spacial score (nSPS) is 14.7. The summed E-state index contributed by atoms with van der Waals surface area (Å²) in [7, 11) is -3.48. The van der Waals surface area contributed by atoms with Crippen molar-refractivity contribution >= 4 is 15.9 Å². The van der Waals surface area contributed by atoms with Crippen LogP contribution in [-0.4, -0.2) is 20.4 Å². The molecule has 1 amide bonds. The maximum absolute atomic E-state index is 12.0. The van der Waals surface area contributed by atoms with E-state index >= 15 is 0 Å². The summed E-state index contributed by atoms with van der Waals surface area (Å²) in [5.41, 5.74) is 0.400. The van der Waals surface area contributed by atoms with Crippen LogP contribution in [0.1, 0.15) is 29.0 Å². The standard InChI is InChI=1S/C15H16N2O4S/c18-15(16-10-13-2-1-9-21-13)11-3-7-14(8-4-11)22(19,20)17-12-5-6-12/h1-4,7-9,12,17H,5-6,10H2,(H,16,18). The van der Waals surface area contributed by atoms with Crippen LogP contribution < -0.4 is 10.0 Å². The summed E-state index contributed by atoms with van der Waals surface area (Å²) in [6, 6.07) is 9.44. The molecular formula is C15H16N2O4S. The zero-order chi connectivity index (χ0) is 15.6. The molecule has 1 fully saturated rings. The largest absolute Gasteiger partial charge is 0.467 e. The summed E-state index contributed by atoms with van der Waals surface area (Å²) in [5, 5.41) is 2.70. The average Bonchev–Trinajstić information content (AvgIpc) is 3.15. The van der Waals surface area contributed by atoms with E-state index in [4.69, 9.17) is 4.42 Å². The van der Waals surface area contributed by atoms with Gasteiger partial charge in [0.25, 0.3) is 5.91 Å². The van der Waals surface area contributed by atoms with Gasteiger partial charge in [0.05, 0.1) is 17.7 Å². The van der Waals surface area contributed by atoms with Crippen LogP contribution in [0.3, 0.4) is 0 Å². The molecule has 22 heavy (non-hydrogen) atoms. The minimum absolute atomic E-state index is 0.0567. The molecule has 0 spiro atoms. The molecule has 116 valence electrons. The maximum atomic E-state index is 12.0. The van der Waals surface area contributed by atoms with E-state index in [1.807, 2.05) is 0 Å². The van der Waals surface area contributed by atoms with Gasteiger partial charge in [-0.05, 0) is 49.2 Å². The smallest absolute Gasteiger partial charge is 0.251 e. The molecule has 6 nitrogen and oxygen atoms in total. The Labute approximate surface area is 128 Å². The Morgan fingerprint density at radius 1 is 1.18 bits per heavy atom. The number of benzene rings is 1. The molecule has 1 heterocycles. The Bertz CT molecular complexity index is 747. The molecule has 1 aromatic carbocycles. The molecule has 3 rings (SSSR count). The van der Waals surface area contributed by atoms with Crippen LogP contribution in [0.5, 0.6) is 0 Å². The lowest BCUT2D eigenvalue weighted by molar-refractivity contribution is 0.0948. The van der Waals surface area contributed by atoms with Gasteiger partial charge in [-0.25, -0.2) is 13.1 Å². The number of carbonyl (C=O) groups excluding carboxylic acids is 1. The molecule has 1 aliphatic carbocycles. The number of nitrogens with one attached hydrogen (secondary N) is 2. The highest BCUT2D eigenvalue weighted by atomic mass is 32.2. The first-order valence-electron chi connectivity index (χ1n) is 6.97. The highest BCUT2D eigenvalue weighted by Gasteiger charge is 2.27. The lowest BCUT2D eigenvalue weighted by atomic mass is 10.2. The maximum Gasteiger partial charge on any atom is 0.251 e. The average molecular weight is 320 g/mol. The summed E-state index contributed by atoms with van der Waals surface area (Å²) >= 11 is 0. The van der Waals surface area contributed by atoms with Crippen molar-refractivity contribution in [3.05, 3.63) is 54.0 Å². The van der Waals surface area contributed by atoms with E-state index in [9.17, 15) is 13.2 Å². The van der Waals surface area contributed by atoms with E-state index in [2.05, 4.69) is 10.0 Å². The molecule has 1 aromatic heterocycles. The fourth-order valence-corrected chi connectivity index (χ4v) is 3.26. The monoisotopic (exact) mass is 320 g/mol. The van der Waals surface area contributed by atoms with Crippen LogP contribution in [0.15, 0.2) is 52.0 Å². The number of amides is 1. The summed E-state index contributed by atoms with van der Waals surface area (Å²) in [4.78, 5) is 12.1. The summed E-state index contributed by atoms with van der Waals surface area (Å²) in [5.74, 6) is 0.372. The SMILES string of the molecule is O=C(NCc1ccco1)c1ccc(S(=O)(=O)NC2CC2)cc1. The van der Waals surface area contributed by atoms with Crippen molar-refractivity contribution in [1.29, 1.82) is 0 Å². The number of furan rings is 1. The molecular weight excluding hydrogens is 304 g/mol. The number of sulfonamides is 1. The topological polar surface area (TPSA) is 88.4 Å². The van der Waals surface area contributed by atoms with E-state index < -0.39 is 10.0 Å². The van der Waals surface area contributed by atoms with Gasteiger partial charge in [0.2, 0.25) is 10.0 Å². The van der Waals surface area contributed by atoms with E-state index in [-0.39, 0.29) is 23.4 Å². The summed E-state index contributed by atoms with van der Waals surface area (Å²) in [6.07, 6.45) is 3.30. The van der Waals surface area contributed by atoms with Crippen molar-refractivity contribution in [2.75, 3.05) is 0 Å². The number of carbonyl (C=O) groups is 1. The van der Waals surface area contributed by atoms with E-state index in [1.165, 1.54) is 30.5 Å². The lowest BCUT2D eigenvalue weighted by Crippen LogP contribution is -2.26. The Morgan fingerprint density at radius 3 is 2.50 bits per heavy atom. The van der Waals surface area contributed by atoms with E-state index in [1.54, 1.807) is 12.1 Å². The number of rotatable bonds is 6. The van der Waals surface area contributed by atoms with Crippen LogP contribution in [-0.2, 0) is 16.6 Å². The predicted molar refractivity (Wildman–Crippen MR) is 79.7 cm³/mol. The molecule has 0 radical (unpaired) electrons. The molecule has 0 saturated heterocycles. The third-order valence-corrected chi connectivity index (χ3v) is 4.87. The van der Waals surface area contributed by atoms with Crippen LogP contribution in [0.25, 0.3) is 0 Å². The van der Waals surface area contributed by atoms with Gasteiger partial charge >= 0.3 is 0 Å². The molecule has 2 aromatic rings. The van der Waals surface area contributed by atoms with Crippen molar-refractivity contribution < 1.29 is 17.6 Å². The van der Waals surface area contributed by atoms with Gasteiger partial charge in [0.1, 0.15) is 5.76 Å². The number of hydrogen-bond acceptors (Lipinski definition) is 4. The Balaban J connectivity index is 1.64. The molecule has 0 atom stereocenters. The second-order valence-corrected chi connectivity index (χ2v) is 6.90. The van der Waals surface area contributed by atoms with E-state index in [0.29, 0.717) is 11.3 Å². The lowest BCUT2D eigenvalue weighted by Gasteiger charge is -2.07. The van der Waals surface area contributed by atoms with Crippen LogP contribution in [0, 0.1) is 0 Å². The molecule has 1 aliphatic rings. The fourth-order valence-electron chi connectivity index (χ4n) is 1.96. The molecule has 0 unspecified atom stereocenters. The zero-order valence-electron chi connectivity index (χ0n) is 11.8. The Kier molecular flexibility index (Phi) is 4.00. The first-order valence-corrected chi connectivity index (χ1v) is 8.46. The highest BCUT2D eigenvalue weighted by molar-refractivity contribution is 7.89. The van der Waals surface area contributed by atoms with Crippen molar-refractivity contribution in [2.45, 2.75) is 30.3 Å².